The normalized spacial score (nSPS) is 11.4. The van der Waals surface area contributed by atoms with Crippen molar-refractivity contribution in [1.29, 1.82) is 0 Å². The first-order valence-electron chi connectivity index (χ1n) is 8.30. The zero-order valence-electron chi connectivity index (χ0n) is 14.3. The Bertz CT molecular complexity index is 1150. The third-order valence-electron chi connectivity index (χ3n) is 4.16. The van der Waals surface area contributed by atoms with Gasteiger partial charge in [0.15, 0.2) is 5.76 Å². The Labute approximate surface area is 154 Å². The Morgan fingerprint density at radius 1 is 1.15 bits per heavy atom. The molecule has 0 spiro atoms. The summed E-state index contributed by atoms with van der Waals surface area (Å²) in [7, 11) is 0. The van der Waals surface area contributed by atoms with E-state index in [1.54, 1.807) is 22.9 Å². The largest absolute Gasteiger partial charge is 0.451 e. The van der Waals surface area contributed by atoms with E-state index in [-0.39, 0.29) is 12.3 Å². The number of para-hydroxylation sites is 2. The molecule has 4 aromatic rings. The molecule has 0 aliphatic carbocycles. The molecule has 3 N–H and O–H groups in total. The second-order valence-electron chi connectivity index (χ2n) is 6.04. The Kier molecular flexibility index (Phi) is 4.18. The highest BCUT2D eigenvalue weighted by atomic mass is 16.3. The van der Waals surface area contributed by atoms with E-state index in [0.717, 1.165) is 21.9 Å². The van der Waals surface area contributed by atoms with Crippen molar-refractivity contribution < 1.29 is 14.0 Å². The predicted octanol–water partition coefficient (Wildman–Crippen LogP) is 2.64. The van der Waals surface area contributed by atoms with Crippen LogP contribution in [0.2, 0.25) is 0 Å². The number of hydrogen-bond donors (Lipinski definition) is 2. The van der Waals surface area contributed by atoms with Gasteiger partial charge >= 0.3 is 5.91 Å². The molecule has 2 aromatic heterocycles. The first kappa shape index (κ1) is 16.6. The van der Waals surface area contributed by atoms with Crippen molar-refractivity contribution in [3.63, 3.8) is 0 Å². The van der Waals surface area contributed by atoms with Crippen LogP contribution in [-0.4, -0.2) is 22.6 Å². The van der Waals surface area contributed by atoms with Gasteiger partial charge in [-0.25, -0.2) is 5.43 Å². The summed E-state index contributed by atoms with van der Waals surface area (Å²) in [6.07, 6.45) is 3.30. The molecule has 2 amide bonds. The fourth-order valence-corrected chi connectivity index (χ4v) is 2.99. The average Bonchev–Trinajstić information content (AvgIpc) is 3.24. The minimum atomic E-state index is -0.441. The average molecular weight is 360 g/mol. The van der Waals surface area contributed by atoms with E-state index in [2.05, 4.69) is 10.5 Å². The predicted molar refractivity (Wildman–Crippen MR) is 102 cm³/mol. The molecule has 0 aliphatic rings. The van der Waals surface area contributed by atoms with Gasteiger partial charge in [-0.1, -0.05) is 36.4 Å². The van der Waals surface area contributed by atoms with Crippen LogP contribution in [0.1, 0.15) is 16.1 Å². The number of nitrogens with two attached hydrogens (primary N) is 1. The molecule has 7 heteroatoms. The maximum absolute atomic E-state index is 12.2. The molecule has 0 saturated heterocycles. The van der Waals surface area contributed by atoms with E-state index in [1.807, 2.05) is 42.5 Å². The fraction of sp³-hybridized carbons (Fsp3) is 0.0500. The second kappa shape index (κ2) is 6.80. The Balaban J connectivity index is 1.56. The Morgan fingerprint density at radius 3 is 2.74 bits per heavy atom. The topological polar surface area (TPSA) is 103 Å². The van der Waals surface area contributed by atoms with Gasteiger partial charge in [-0.15, -0.1) is 0 Å². The summed E-state index contributed by atoms with van der Waals surface area (Å²) in [5.74, 6) is -0.690. The zero-order valence-corrected chi connectivity index (χ0v) is 14.3. The van der Waals surface area contributed by atoms with E-state index in [0.29, 0.717) is 5.58 Å². The number of amides is 2. The van der Waals surface area contributed by atoms with Crippen molar-refractivity contribution in [2.24, 2.45) is 10.8 Å². The van der Waals surface area contributed by atoms with Gasteiger partial charge in [-0.05, 0) is 18.2 Å². The van der Waals surface area contributed by atoms with Gasteiger partial charge in [-0.3, -0.25) is 9.59 Å². The van der Waals surface area contributed by atoms with Gasteiger partial charge in [-0.2, -0.15) is 5.10 Å². The standard InChI is InChI=1S/C20H16N4O3/c21-19(25)12-24-11-14(15-6-2-3-7-16(15)24)10-22-23-20(26)18-9-13-5-1-4-8-17(13)27-18/h1-11H,12H2,(H2,21,25)(H,23,26)/b22-10+. The molecule has 7 nitrogen and oxygen atoms in total. The quantitative estimate of drug-likeness (QED) is 0.422. The number of rotatable bonds is 5. The van der Waals surface area contributed by atoms with E-state index >= 15 is 0 Å². The van der Waals surface area contributed by atoms with Gasteiger partial charge in [0.05, 0.1) is 6.21 Å². The third-order valence-corrected chi connectivity index (χ3v) is 4.16. The number of nitrogens with one attached hydrogen (secondary N) is 1. The summed E-state index contributed by atoms with van der Waals surface area (Å²) in [6.45, 7) is 0.0691. The Morgan fingerprint density at radius 2 is 1.93 bits per heavy atom. The molecule has 2 aromatic carbocycles. The summed E-state index contributed by atoms with van der Waals surface area (Å²) in [4.78, 5) is 23.5. The van der Waals surface area contributed by atoms with Gasteiger partial charge in [0.25, 0.3) is 0 Å². The Hall–Kier alpha value is -3.87. The third kappa shape index (κ3) is 3.30. The van der Waals surface area contributed by atoms with Crippen LogP contribution in [0, 0.1) is 0 Å². The van der Waals surface area contributed by atoms with Crippen molar-refractivity contribution in [3.05, 3.63) is 72.1 Å². The highest BCUT2D eigenvalue weighted by Crippen LogP contribution is 2.20. The van der Waals surface area contributed by atoms with Gasteiger partial charge in [0.2, 0.25) is 5.91 Å². The van der Waals surface area contributed by atoms with Gasteiger partial charge in [0.1, 0.15) is 12.1 Å². The number of carbonyl (C=O) groups is 2. The molecule has 0 fully saturated rings. The lowest BCUT2D eigenvalue weighted by molar-refractivity contribution is -0.118. The SMILES string of the molecule is NC(=O)Cn1cc(/C=N/NC(=O)c2cc3ccccc3o2)c2ccccc21. The first-order chi connectivity index (χ1) is 13.1. The summed E-state index contributed by atoms with van der Waals surface area (Å²) in [6, 6.07) is 16.6. The number of furan rings is 1. The molecule has 27 heavy (non-hydrogen) atoms. The highest BCUT2D eigenvalue weighted by molar-refractivity contribution is 6.01. The minimum absolute atomic E-state index is 0.0691. The number of hydrazone groups is 1. The number of fused-ring (bicyclic) bond motifs is 2. The molecule has 0 atom stereocenters. The van der Waals surface area contributed by atoms with E-state index in [9.17, 15) is 9.59 Å². The highest BCUT2D eigenvalue weighted by Gasteiger charge is 2.12. The van der Waals surface area contributed by atoms with E-state index in [4.69, 9.17) is 10.2 Å². The van der Waals surface area contributed by atoms with Crippen molar-refractivity contribution >= 4 is 39.9 Å². The lowest BCUT2D eigenvalue weighted by Gasteiger charge is -2.00. The molecule has 0 radical (unpaired) electrons. The molecule has 2 heterocycles. The molecule has 4 rings (SSSR count). The van der Waals surface area contributed by atoms with E-state index < -0.39 is 11.8 Å². The van der Waals surface area contributed by atoms with Gasteiger partial charge < -0.3 is 14.7 Å². The maximum atomic E-state index is 12.2. The number of primary amides is 1. The van der Waals surface area contributed by atoms with Crippen LogP contribution in [0.5, 0.6) is 0 Å². The monoisotopic (exact) mass is 360 g/mol. The van der Waals surface area contributed by atoms with Crippen LogP contribution in [0.3, 0.4) is 0 Å². The number of benzene rings is 2. The first-order valence-corrected chi connectivity index (χ1v) is 8.30. The summed E-state index contributed by atoms with van der Waals surface area (Å²) in [5, 5.41) is 5.77. The summed E-state index contributed by atoms with van der Waals surface area (Å²) >= 11 is 0. The molecular formula is C20H16N4O3. The number of carbonyl (C=O) groups excluding carboxylic acids is 2. The molecule has 0 saturated carbocycles. The van der Waals surface area contributed by atoms with Crippen molar-refractivity contribution in [2.75, 3.05) is 0 Å². The molecular weight excluding hydrogens is 344 g/mol. The summed E-state index contributed by atoms with van der Waals surface area (Å²) in [5.41, 5.74) is 10.0. The molecule has 0 bridgehead atoms. The zero-order chi connectivity index (χ0) is 18.8. The number of aromatic nitrogens is 1. The van der Waals surface area contributed by atoms with Crippen LogP contribution in [0.4, 0.5) is 0 Å². The maximum Gasteiger partial charge on any atom is 0.307 e. The molecule has 0 unspecified atom stereocenters. The van der Waals surface area contributed by atoms with E-state index in [1.165, 1.54) is 6.21 Å². The summed E-state index contributed by atoms with van der Waals surface area (Å²) < 4.78 is 7.26. The van der Waals surface area contributed by atoms with Crippen molar-refractivity contribution in [1.82, 2.24) is 9.99 Å². The van der Waals surface area contributed by atoms with Crippen LogP contribution in [-0.2, 0) is 11.3 Å². The van der Waals surface area contributed by atoms with Crippen LogP contribution < -0.4 is 11.2 Å². The van der Waals surface area contributed by atoms with Gasteiger partial charge in [0, 0.05) is 28.0 Å². The molecule has 0 aliphatic heterocycles. The van der Waals surface area contributed by atoms with Crippen molar-refractivity contribution in [2.45, 2.75) is 6.54 Å². The lowest BCUT2D eigenvalue weighted by Crippen LogP contribution is -2.18. The van der Waals surface area contributed by atoms with Crippen LogP contribution >= 0.6 is 0 Å². The van der Waals surface area contributed by atoms with Crippen molar-refractivity contribution in [3.8, 4) is 0 Å². The van der Waals surface area contributed by atoms with Crippen LogP contribution in [0.25, 0.3) is 21.9 Å². The number of nitrogens with zero attached hydrogens (tertiary/aromatic N) is 2. The minimum Gasteiger partial charge on any atom is -0.451 e. The second-order valence-corrected chi connectivity index (χ2v) is 6.04. The lowest BCUT2D eigenvalue weighted by atomic mass is 10.2. The number of hydrogen-bond acceptors (Lipinski definition) is 4. The molecule has 134 valence electrons. The fourth-order valence-electron chi connectivity index (χ4n) is 2.99. The van der Waals surface area contributed by atoms with Crippen LogP contribution in [0.15, 0.2) is 70.3 Å². The smallest absolute Gasteiger partial charge is 0.307 e.